The molecule has 2 aromatic rings. The van der Waals surface area contributed by atoms with Gasteiger partial charge in [-0.1, -0.05) is 43.3 Å². The first kappa shape index (κ1) is 20.9. The van der Waals surface area contributed by atoms with Crippen LogP contribution in [0.2, 0.25) is 0 Å². The number of aryl methyl sites for hydroxylation is 1. The molecule has 146 valence electrons. The number of para-hydroxylation sites is 1. The third-order valence-electron chi connectivity index (χ3n) is 4.00. The van der Waals surface area contributed by atoms with Crippen molar-refractivity contribution in [2.45, 2.75) is 27.2 Å². The van der Waals surface area contributed by atoms with Crippen molar-refractivity contribution in [1.29, 1.82) is 0 Å². The molecule has 0 aliphatic carbocycles. The van der Waals surface area contributed by atoms with Gasteiger partial charge in [0.2, 0.25) is 5.91 Å². The van der Waals surface area contributed by atoms with Gasteiger partial charge in [0.1, 0.15) is 5.70 Å². The molecule has 0 saturated carbocycles. The van der Waals surface area contributed by atoms with Gasteiger partial charge < -0.3 is 16.0 Å². The van der Waals surface area contributed by atoms with Gasteiger partial charge in [-0.25, -0.2) is 0 Å². The number of rotatable bonds is 7. The zero-order chi connectivity index (χ0) is 20.5. The molecule has 0 aliphatic heterocycles. The van der Waals surface area contributed by atoms with Gasteiger partial charge in [-0.3, -0.25) is 14.4 Å². The fourth-order valence-corrected chi connectivity index (χ4v) is 2.57. The van der Waals surface area contributed by atoms with Gasteiger partial charge in [-0.05, 0) is 42.7 Å². The lowest BCUT2D eigenvalue weighted by atomic mass is 10.1. The summed E-state index contributed by atoms with van der Waals surface area (Å²) in [6, 6.07) is 14.3. The van der Waals surface area contributed by atoms with E-state index in [9.17, 15) is 14.4 Å². The molecule has 0 heterocycles. The molecule has 3 amide bonds. The lowest BCUT2D eigenvalue weighted by Gasteiger charge is -2.13. The van der Waals surface area contributed by atoms with Crippen LogP contribution >= 0.6 is 0 Å². The molecule has 6 nitrogen and oxygen atoms in total. The first-order valence-corrected chi connectivity index (χ1v) is 9.16. The average molecular weight is 379 g/mol. The second-order valence-electron chi connectivity index (χ2n) is 6.35. The third kappa shape index (κ3) is 5.81. The first-order chi connectivity index (χ1) is 13.4. The van der Waals surface area contributed by atoms with Gasteiger partial charge in [-0.15, -0.1) is 0 Å². The van der Waals surface area contributed by atoms with E-state index in [0.29, 0.717) is 17.8 Å². The maximum absolute atomic E-state index is 12.8. The van der Waals surface area contributed by atoms with Gasteiger partial charge in [0.25, 0.3) is 11.8 Å². The zero-order valence-electron chi connectivity index (χ0n) is 16.3. The normalized spacial score (nSPS) is 10.9. The highest BCUT2D eigenvalue weighted by Gasteiger charge is 2.16. The Morgan fingerprint density at radius 1 is 1.00 bits per heavy atom. The summed E-state index contributed by atoms with van der Waals surface area (Å²) in [5.41, 5.74) is 2.63. The summed E-state index contributed by atoms with van der Waals surface area (Å²) in [5, 5.41) is 8.09. The number of hydrogen-bond donors (Lipinski definition) is 3. The number of hydrogen-bond acceptors (Lipinski definition) is 3. The van der Waals surface area contributed by atoms with E-state index in [-0.39, 0.29) is 17.5 Å². The van der Waals surface area contributed by atoms with Crippen molar-refractivity contribution in [2.24, 2.45) is 0 Å². The van der Waals surface area contributed by atoms with Crippen LogP contribution in [0.3, 0.4) is 0 Å². The summed E-state index contributed by atoms with van der Waals surface area (Å²) in [6.45, 7) is 5.77. The minimum Gasteiger partial charge on any atom is -0.352 e. The van der Waals surface area contributed by atoms with Crippen LogP contribution in [0.15, 0.2) is 54.2 Å². The number of carbonyl (C=O) groups excluding carboxylic acids is 3. The van der Waals surface area contributed by atoms with E-state index in [4.69, 9.17) is 0 Å². The largest absolute Gasteiger partial charge is 0.352 e. The van der Waals surface area contributed by atoms with E-state index in [1.165, 1.54) is 6.92 Å². The van der Waals surface area contributed by atoms with Gasteiger partial charge in [-0.2, -0.15) is 0 Å². The Bertz CT molecular complexity index is 903. The Balaban J connectivity index is 2.31. The van der Waals surface area contributed by atoms with Crippen LogP contribution in [-0.2, 0) is 9.59 Å². The molecule has 3 N–H and O–H groups in total. The van der Waals surface area contributed by atoms with Crippen LogP contribution in [0.4, 0.5) is 5.69 Å². The molecule has 0 unspecified atom stereocenters. The molecule has 0 atom stereocenters. The molecule has 0 fully saturated rings. The summed E-state index contributed by atoms with van der Waals surface area (Å²) < 4.78 is 0. The van der Waals surface area contributed by atoms with Crippen LogP contribution < -0.4 is 16.0 Å². The lowest BCUT2D eigenvalue weighted by Crippen LogP contribution is -2.30. The summed E-state index contributed by atoms with van der Waals surface area (Å²) in [7, 11) is 0. The Morgan fingerprint density at radius 2 is 1.68 bits per heavy atom. The van der Waals surface area contributed by atoms with Crippen LogP contribution in [0.25, 0.3) is 6.08 Å². The van der Waals surface area contributed by atoms with Crippen molar-refractivity contribution in [1.82, 2.24) is 10.6 Å². The van der Waals surface area contributed by atoms with Crippen molar-refractivity contribution in [3.63, 3.8) is 0 Å². The number of carbonyl (C=O) groups is 3. The molecule has 28 heavy (non-hydrogen) atoms. The van der Waals surface area contributed by atoms with Gasteiger partial charge in [0.15, 0.2) is 0 Å². The predicted octanol–water partition coefficient (Wildman–Crippen LogP) is 3.25. The van der Waals surface area contributed by atoms with Crippen LogP contribution in [-0.4, -0.2) is 24.3 Å². The quantitative estimate of drug-likeness (QED) is 0.646. The van der Waals surface area contributed by atoms with E-state index in [1.807, 2.05) is 38.1 Å². The van der Waals surface area contributed by atoms with Gasteiger partial charge >= 0.3 is 0 Å². The molecule has 0 aromatic heterocycles. The standard InChI is InChI=1S/C22H25N3O3/c1-4-13-23-21(27)18-11-7-8-12-19(18)25-22(28)20(24-16(3)26)14-17-10-6-5-9-15(17)2/h5-12,14H,4,13H2,1-3H3,(H,23,27)(H,24,26)(H,25,28). The SMILES string of the molecule is CCCNC(=O)c1ccccc1NC(=O)C(=Cc1ccccc1C)NC(C)=O. The fraction of sp³-hybridized carbons (Fsp3) is 0.227. The highest BCUT2D eigenvalue weighted by atomic mass is 16.2. The molecular formula is C22H25N3O3. The molecule has 0 aliphatic rings. The van der Waals surface area contributed by atoms with E-state index < -0.39 is 5.91 Å². The number of nitrogens with one attached hydrogen (secondary N) is 3. The van der Waals surface area contributed by atoms with E-state index in [0.717, 1.165) is 17.5 Å². The molecule has 0 saturated heterocycles. The Kier molecular flexibility index (Phi) is 7.51. The van der Waals surface area contributed by atoms with Crippen LogP contribution in [0.1, 0.15) is 41.8 Å². The van der Waals surface area contributed by atoms with Crippen molar-refractivity contribution in [3.8, 4) is 0 Å². The second-order valence-corrected chi connectivity index (χ2v) is 6.35. The maximum Gasteiger partial charge on any atom is 0.272 e. The first-order valence-electron chi connectivity index (χ1n) is 9.16. The maximum atomic E-state index is 12.8. The monoisotopic (exact) mass is 379 g/mol. The number of anilines is 1. The van der Waals surface area contributed by atoms with Gasteiger partial charge in [0, 0.05) is 13.5 Å². The summed E-state index contributed by atoms with van der Waals surface area (Å²) in [6.07, 6.45) is 2.43. The number of amides is 3. The van der Waals surface area contributed by atoms with Crippen molar-refractivity contribution >= 4 is 29.5 Å². The van der Waals surface area contributed by atoms with Crippen molar-refractivity contribution < 1.29 is 14.4 Å². The third-order valence-corrected chi connectivity index (χ3v) is 4.00. The van der Waals surface area contributed by atoms with E-state index in [1.54, 1.807) is 30.3 Å². The Hall–Kier alpha value is -3.41. The molecule has 0 spiro atoms. The van der Waals surface area contributed by atoms with E-state index in [2.05, 4.69) is 16.0 Å². The summed E-state index contributed by atoms with van der Waals surface area (Å²) in [4.78, 5) is 36.8. The molecular weight excluding hydrogens is 354 g/mol. The summed E-state index contributed by atoms with van der Waals surface area (Å²) >= 11 is 0. The smallest absolute Gasteiger partial charge is 0.272 e. The predicted molar refractivity (Wildman–Crippen MR) is 111 cm³/mol. The fourth-order valence-electron chi connectivity index (χ4n) is 2.57. The Morgan fingerprint density at radius 3 is 2.36 bits per heavy atom. The second kappa shape index (κ2) is 10.1. The number of benzene rings is 2. The highest BCUT2D eigenvalue weighted by Crippen LogP contribution is 2.17. The molecule has 2 aromatic carbocycles. The topological polar surface area (TPSA) is 87.3 Å². The summed E-state index contributed by atoms with van der Waals surface area (Å²) in [5.74, 6) is -1.13. The lowest BCUT2D eigenvalue weighted by molar-refractivity contribution is -0.120. The minimum absolute atomic E-state index is 0.102. The highest BCUT2D eigenvalue weighted by molar-refractivity contribution is 6.11. The van der Waals surface area contributed by atoms with Gasteiger partial charge in [0.05, 0.1) is 11.3 Å². The van der Waals surface area contributed by atoms with Crippen molar-refractivity contribution in [3.05, 3.63) is 70.9 Å². The molecule has 6 heteroatoms. The molecule has 0 bridgehead atoms. The minimum atomic E-state index is -0.505. The van der Waals surface area contributed by atoms with Crippen molar-refractivity contribution in [2.75, 3.05) is 11.9 Å². The van der Waals surface area contributed by atoms with Crippen LogP contribution in [0.5, 0.6) is 0 Å². The Labute approximate surface area is 165 Å². The zero-order valence-corrected chi connectivity index (χ0v) is 16.3. The molecule has 2 rings (SSSR count). The average Bonchev–Trinajstić information content (AvgIpc) is 2.67. The molecule has 0 radical (unpaired) electrons. The van der Waals surface area contributed by atoms with E-state index >= 15 is 0 Å². The van der Waals surface area contributed by atoms with Crippen LogP contribution in [0, 0.1) is 6.92 Å².